The Labute approximate surface area is 227 Å². The van der Waals surface area contributed by atoms with Gasteiger partial charge < -0.3 is 0 Å². The van der Waals surface area contributed by atoms with Crippen molar-refractivity contribution in [2.75, 3.05) is 12.3 Å². The monoisotopic (exact) mass is 657 g/mol. The number of benzene rings is 4. The van der Waals surface area contributed by atoms with Crippen molar-refractivity contribution in [2.45, 2.75) is 13.8 Å². The van der Waals surface area contributed by atoms with E-state index in [2.05, 4.69) is 164 Å². The summed E-state index contributed by atoms with van der Waals surface area (Å²) < 4.78 is 0. The Morgan fingerprint density at radius 1 is 0.500 bits per heavy atom. The molecule has 0 spiro atoms. The van der Waals surface area contributed by atoms with Crippen LogP contribution in [0.2, 0.25) is 0 Å². The van der Waals surface area contributed by atoms with Crippen LogP contribution >= 0.6 is 44.2 Å². The molecular formula is C29H30Br2CoP2. The van der Waals surface area contributed by atoms with E-state index in [1.807, 2.05) is 0 Å². The van der Waals surface area contributed by atoms with Crippen molar-refractivity contribution in [3.05, 3.63) is 121 Å². The van der Waals surface area contributed by atoms with Gasteiger partial charge >= 0.3 is 39.5 Å². The van der Waals surface area contributed by atoms with Crippen LogP contribution in [0.25, 0.3) is 0 Å². The summed E-state index contributed by atoms with van der Waals surface area (Å²) in [5.74, 6) is 0. The van der Waals surface area contributed by atoms with Gasteiger partial charge in [0.1, 0.15) is 0 Å². The second-order valence-corrected chi connectivity index (χ2v) is 18.4. The molecule has 4 aromatic carbocycles. The molecule has 0 nitrogen and oxygen atoms in total. The van der Waals surface area contributed by atoms with Gasteiger partial charge in [0.2, 0.25) is 0 Å². The third kappa shape index (κ3) is 8.70. The Balaban J connectivity index is 0.00000103. The molecule has 0 saturated carbocycles. The Morgan fingerprint density at radius 3 is 0.912 bits per heavy atom. The fourth-order valence-electron chi connectivity index (χ4n) is 4.00. The van der Waals surface area contributed by atoms with Crippen molar-refractivity contribution in [1.82, 2.24) is 0 Å². The summed E-state index contributed by atoms with van der Waals surface area (Å²) in [6, 6.07) is 44.4. The topological polar surface area (TPSA) is 0 Å². The van der Waals surface area contributed by atoms with E-state index in [4.69, 9.17) is 0 Å². The molecular weight excluding hydrogens is 629 g/mol. The maximum absolute atomic E-state index is 3.03. The molecule has 0 bridgehead atoms. The van der Waals surface area contributed by atoms with Crippen LogP contribution < -0.4 is 21.2 Å². The van der Waals surface area contributed by atoms with Gasteiger partial charge in [0.15, 0.2) is 0 Å². The Bertz CT molecular complexity index is 912. The zero-order valence-electron chi connectivity index (χ0n) is 19.4. The van der Waals surface area contributed by atoms with Gasteiger partial charge in [-0.1, -0.05) is 135 Å². The normalized spacial score (nSPS) is 11.4. The first-order valence-electron chi connectivity index (χ1n) is 11.1. The van der Waals surface area contributed by atoms with E-state index in [0.29, 0.717) is 0 Å². The van der Waals surface area contributed by atoms with Crippen molar-refractivity contribution in [3.63, 3.8) is 0 Å². The van der Waals surface area contributed by atoms with Crippen LogP contribution in [0.15, 0.2) is 121 Å². The van der Waals surface area contributed by atoms with Gasteiger partial charge in [-0.05, 0) is 54.8 Å². The SMILES string of the molecule is CC(C)(CP(c1ccccc1)c1ccccc1)CP(c1ccccc1)c1ccccc1.[Br][Co][Br]. The number of rotatable bonds is 8. The molecule has 179 valence electrons. The van der Waals surface area contributed by atoms with Gasteiger partial charge in [-0.3, -0.25) is 0 Å². The van der Waals surface area contributed by atoms with E-state index >= 15 is 0 Å². The third-order valence-corrected chi connectivity index (χ3v) is 11.5. The summed E-state index contributed by atoms with van der Waals surface area (Å²) >= 11 is 7.12. The van der Waals surface area contributed by atoms with E-state index in [0.717, 1.165) is 11.1 Å². The van der Waals surface area contributed by atoms with Gasteiger partial charge in [-0.15, -0.1) is 0 Å². The average Bonchev–Trinajstić information content (AvgIpc) is 2.88. The molecule has 0 saturated heterocycles. The van der Waals surface area contributed by atoms with E-state index in [-0.39, 0.29) is 5.41 Å². The molecule has 0 aromatic heterocycles. The van der Waals surface area contributed by atoms with Crippen LogP contribution in [0.5, 0.6) is 0 Å². The molecule has 0 fully saturated rings. The average molecular weight is 659 g/mol. The summed E-state index contributed by atoms with van der Waals surface area (Å²) in [5, 5.41) is 5.89. The minimum atomic E-state index is -0.397. The fraction of sp³-hybridized carbons (Fsp3) is 0.172. The predicted molar refractivity (Wildman–Crippen MR) is 160 cm³/mol. The molecule has 4 aromatic rings. The van der Waals surface area contributed by atoms with Gasteiger partial charge in [0.05, 0.1) is 0 Å². The minimum absolute atomic E-state index is 0.217. The summed E-state index contributed by atoms with van der Waals surface area (Å²) in [7, 11) is -0.794. The Hall–Kier alpha value is -0.794. The van der Waals surface area contributed by atoms with Crippen LogP contribution in [0.3, 0.4) is 0 Å². The van der Waals surface area contributed by atoms with Crippen LogP contribution in [0.1, 0.15) is 13.8 Å². The quantitative estimate of drug-likeness (QED) is 0.169. The van der Waals surface area contributed by atoms with E-state index in [1.165, 1.54) is 33.5 Å². The van der Waals surface area contributed by atoms with Gasteiger partial charge in [0.25, 0.3) is 0 Å². The molecule has 0 unspecified atom stereocenters. The first-order chi connectivity index (χ1) is 16.5. The van der Waals surface area contributed by atoms with Gasteiger partial charge in [-0.25, -0.2) is 0 Å². The van der Waals surface area contributed by atoms with E-state index in [1.54, 1.807) is 0 Å². The molecule has 0 aliphatic heterocycles. The Morgan fingerprint density at radius 2 is 0.706 bits per heavy atom. The number of hydrogen-bond donors (Lipinski definition) is 0. The molecule has 0 aliphatic rings. The van der Waals surface area contributed by atoms with Crippen molar-refractivity contribution < 1.29 is 11.1 Å². The number of halogens is 2. The molecule has 0 atom stereocenters. The summed E-state index contributed by atoms with van der Waals surface area (Å²) in [5.41, 5.74) is 0.217. The zero-order valence-corrected chi connectivity index (χ0v) is 25.4. The van der Waals surface area contributed by atoms with Crippen LogP contribution in [0, 0.1) is 5.41 Å². The second kappa shape index (κ2) is 14.7. The Kier molecular flexibility index (Phi) is 12.0. The van der Waals surface area contributed by atoms with E-state index < -0.39 is 15.8 Å². The molecule has 0 N–H and O–H groups in total. The molecule has 0 amide bonds. The van der Waals surface area contributed by atoms with Crippen molar-refractivity contribution in [3.8, 4) is 0 Å². The molecule has 34 heavy (non-hydrogen) atoms. The van der Waals surface area contributed by atoms with E-state index in [9.17, 15) is 0 Å². The van der Waals surface area contributed by atoms with Crippen LogP contribution in [0.4, 0.5) is 0 Å². The third-order valence-electron chi connectivity index (χ3n) is 5.44. The van der Waals surface area contributed by atoms with Gasteiger partial charge in [-0.2, -0.15) is 0 Å². The molecule has 0 heterocycles. The fourth-order valence-corrected chi connectivity index (χ4v) is 9.57. The number of hydrogen-bond acceptors (Lipinski definition) is 0. The standard InChI is InChI=1S/C29H30P2.2BrH.Co/c1-29(2,23-30(25-15-7-3-8-16-25)26-17-9-4-10-18-26)24-31(27-19-11-5-12-20-27)28-21-13-6-14-22-28;;;/h3-22H,23-24H2,1-2H3;2*1H;/q;;;+2/p-2. The first kappa shape index (κ1) is 27.8. The second-order valence-electron chi connectivity index (χ2n) is 8.73. The summed E-state index contributed by atoms with van der Waals surface area (Å²) in [6.07, 6.45) is 2.38. The molecule has 5 heteroatoms. The maximum atomic E-state index is 3.03. The van der Waals surface area contributed by atoms with Crippen LogP contribution in [-0.4, -0.2) is 12.3 Å². The van der Waals surface area contributed by atoms with Crippen molar-refractivity contribution in [1.29, 1.82) is 0 Å². The van der Waals surface area contributed by atoms with Crippen molar-refractivity contribution >= 4 is 65.4 Å². The molecule has 0 radical (unpaired) electrons. The molecule has 0 aliphatic carbocycles. The summed E-state index contributed by atoms with van der Waals surface area (Å²) in [6.45, 7) is 4.94. The zero-order chi connectivity index (χ0) is 24.2. The predicted octanol–water partition coefficient (Wildman–Crippen LogP) is 7.97. The summed E-state index contributed by atoms with van der Waals surface area (Å²) in [4.78, 5) is 0. The molecule has 4 rings (SSSR count). The van der Waals surface area contributed by atoms with Crippen molar-refractivity contribution in [2.24, 2.45) is 5.41 Å². The van der Waals surface area contributed by atoms with Gasteiger partial charge in [0, 0.05) is 0 Å². The van der Waals surface area contributed by atoms with Crippen LogP contribution in [-0.2, 0) is 11.1 Å². The first-order valence-corrected chi connectivity index (χ1v) is 19.3.